The van der Waals surface area contributed by atoms with Crippen LogP contribution in [0.2, 0.25) is 0 Å². The molecule has 2 rings (SSSR count). The highest BCUT2D eigenvalue weighted by molar-refractivity contribution is 5.70. The molecule has 2 saturated carbocycles. The molecule has 2 fully saturated rings. The van der Waals surface area contributed by atoms with E-state index < -0.39 is 6.10 Å². The lowest BCUT2D eigenvalue weighted by Gasteiger charge is -2.20. The Balaban J connectivity index is 1.75. The van der Waals surface area contributed by atoms with E-state index in [1.54, 1.807) is 0 Å². The van der Waals surface area contributed by atoms with Gasteiger partial charge in [0.1, 0.15) is 6.61 Å². The standard InChI is InChI=1S/C23H40O5/c1-4-5-6-16(2)11-19(24)7-8-20-21-13-17(12-18(21)14-22(20)25)9-10-28-15-23(26)27-3/h7-8,16-22,24-25H,4-6,9-15H2,1-3H3/b8-7+/t16-,17+,18-,19+,20+,21-,22+/m0/s1. The van der Waals surface area contributed by atoms with Gasteiger partial charge in [0.05, 0.1) is 19.3 Å². The SMILES string of the molecule is CCCC[C@H](C)C[C@H](O)/C=C/[C@@H]1[C@H]2C[C@H](CCOCC(=O)OC)C[C@H]2C[C@H]1O. The number of unbranched alkanes of at least 4 members (excludes halogenated alkanes) is 1. The maximum Gasteiger partial charge on any atom is 0.331 e. The lowest BCUT2D eigenvalue weighted by Crippen LogP contribution is -2.19. The summed E-state index contributed by atoms with van der Waals surface area (Å²) in [5.74, 6) is 2.01. The summed E-state index contributed by atoms with van der Waals surface area (Å²) < 4.78 is 9.97. The Morgan fingerprint density at radius 3 is 2.79 bits per heavy atom. The van der Waals surface area contributed by atoms with Crippen LogP contribution in [-0.2, 0) is 14.3 Å². The molecule has 0 aromatic rings. The second-order valence-corrected chi connectivity index (χ2v) is 8.99. The van der Waals surface area contributed by atoms with Gasteiger partial charge in [0.25, 0.3) is 0 Å². The van der Waals surface area contributed by atoms with E-state index in [1.807, 2.05) is 6.08 Å². The van der Waals surface area contributed by atoms with E-state index in [-0.39, 0.29) is 24.6 Å². The van der Waals surface area contributed by atoms with Crippen LogP contribution in [0.1, 0.15) is 65.2 Å². The van der Waals surface area contributed by atoms with Crippen LogP contribution in [0.4, 0.5) is 0 Å². The summed E-state index contributed by atoms with van der Waals surface area (Å²) >= 11 is 0. The van der Waals surface area contributed by atoms with Crippen molar-refractivity contribution in [2.75, 3.05) is 20.3 Å². The first-order valence-corrected chi connectivity index (χ1v) is 11.1. The predicted molar refractivity (Wildman–Crippen MR) is 110 cm³/mol. The van der Waals surface area contributed by atoms with Crippen molar-refractivity contribution >= 4 is 5.97 Å². The zero-order valence-corrected chi connectivity index (χ0v) is 17.9. The molecule has 0 radical (unpaired) electrons. The van der Waals surface area contributed by atoms with Crippen molar-refractivity contribution in [3.63, 3.8) is 0 Å². The fourth-order valence-corrected chi connectivity index (χ4v) is 5.16. The van der Waals surface area contributed by atoms with Crippen molar-refractivity contribution in [2.45, 2.75) is 77.4 Å². The number of hydrogen-bond acceptors (Lipinski definition) is 5. The molecule has 2 aliphatic carbocycles. The first-order valence-electron chi connectivity index (χ1n) is 11.1. The van der Waals surface area contributed by atoms with Crippen LogP contribution in [0, 0.1) is 29.6 Å². The fraction of sp³-hybridized carbons (Fsp3) is 0.870. The summed E-state index contributed by atoms with van der Waals surface area (Å²) in [5, 5.41) is 20.8. The molecule has 0 saturated heterocycles. The average molecular weight is 397 g/mol. The first kappa shape index (κ1) is 23.4. The third kappa shape index (κ3) is 7.16. The maximum absolute atomic E-state index is 11.1. The highest BCUT2D eigenvalue weighted by atomic mass is 16.6. The summed E-state index contributed by atoms with van der Waals surface area (Å²) in [4.78, 5) is 11.1. The number of esters is 1. The van der Waals surface area contributed by atoms with E-state index in [0.717, 1.165) is 38.5 Å². The van der Waals surface area contributed by atoms with Gasteiger partial charge in [-0.25, -0.2) is 4.79 Å². The maximum atomic E-state index is 11.1. The Morgan fingerprint density at radius 1 is 1.29 bits per heavy atom. The number of carbonyl (C=O) groups is 1. The number of hydrogen-bond donors (Lipinski definition) is 2. The van der Waals surface area contributed by atoms with E-state index in [9.17, 15) is 15.0 Å². The lowest BCUT2D eigenvalue weighted by atomic mass is 9.89. The molecular formula is C23H40O5. The number of carbonyl (C=O) groups excluding carboxylic acids is 1. The van der Waals surface area contributed by atoms with Crippen LogP contribution in [0.15, 0.2) is 12.2 Å². The number of aliphatic hydroxyl groups excluding tert-OH is 2. The molecule has 2 N–H and O–H groups in total. The Hall–Kier alpha value is -0.910. The van der Waals surface area contributed by atoms with Gasteiger partial charge in [-0.3, -0.25) is 0 Å². The summed E-state index contributed by atoms with van der Waals surface area (Å²) in [6.07, 6.45) is 11.7. The van der Waals surface area contributed by atoms with Gasteiger partial charge >= 0.3 is 5.97 Å². The van der Waals surface area contributed by atoms with E-state index in [1.165, 1.54) is 20.0 Å². The Labute approximate surface area is 170 Å². The van der Waals surface area contributed by atoms with Crippen LogP contribution < -0.4 is 0 Å². The third-order valence-corrected chi connectivity index (χ3v) is 6.70. The van der Waals surface area contributed by atoms with E-state index in [4.69, 9.17) is 4.74 Å². The van der Waals surface area contributed by atoms with Crippen molar-refractivity contribution in [3.05, 3.63) is 12.2 Å². The van der Waals surface area contributed by atoms with Crippen LogP contribution in [0.3, 0.4) is 0 Å². The average Bonchev–Trinajstić information content (AvgIpc) is 3.18. The molecule has 5 nitrogen and oxygen atoms in total. The lowest BCUT2D eigenvalue weighted by molar-refractivity contribution is -0.146. The number of aliphatic hydroxyl groups is 2. The number of ether oxygens (including phenoxy) is 2. The molecule has 0 spiro atoms. The fourth-order valence-electron chi connectivity index (χ4n) is 5.16. The molecular weight excluding hydrogens is 356 g/mol. The molecule has 28 heavy (non-hydrogen) atoms. The second kappa shape index (κ2) is 11.9. The molecule has 0 aliphatic heterocycles. The first-order chi connectivity index (χ1) is 13.4. The topological polar surface area (TPSA) is 76.0 Å². The molecule has 0 unspecified atom stereocenters. The minimum atomic E-state index is -0.415. The van der Waals surface area contributed by atoms with Gasteiger partial charge in [-0.05, 0) is 55.8 Å². The van der Waals surface area contributed by atoms with Crippen LogP contribution in [-0.4, -0.2) is 48.7 Å². The number of methoxy groups -OCH3 is 1. The number of rotatable bonds is 12. The van der Waals surface area contributed by atoms with Gasteiger partial charge in [0.2, 0.25) is 0 Å². The van der Waals surface area contributed by atoms with E-state index >= 15 is 0 Å². The molecule has 7 atom stereocenters. The summed E-state index contributed by atoms with van der Waals surface area (Å²) in [6.45, 7) is 5.00. The van der Waals surface area contributed by atoms with E-state index in [0.29, 0.717) is 30.3 Å². The minimum absolute atomic E-state index is 0.0225. The van der Waals surface area contributed by atoms with Crippen molar-refractivity contribution in [2.24, 2.45) is 29.6 Å². The van der Waals surface area contributed by atoms with Crippen LogP contribution in [0.5, 0.6) is 0 Å². The van der Waals surface area contributed by atoms with Gasteiger partial charge in [-0.15, -0.1) is 0 Å². The van der Waals surface area contributed by atoms with Crippen LogP contribution >= 0.6 is 0 Å². The zero-order valence-electron chi connectivity index (χ0n) is 17.9. The molecule has 2 aliphatic rings. The monoisotopic (exact) mass is 396 g/mol. The van der Waals surface area contributed by atoms with Crippen molar-refractivity contribution < 1.29 is 24.5 Å². The van der Waals surface area contributed by atoms with E-state index in [2.05, 4.69) is 24.7 Å². The van der Waals surface area contributed by atoms with Crippen molar-refractivity contribution in [1.29, 1.82) is 0 Å². The third-order valence-electron chi connectivity index (χ3n) is 6.70. The Kier molecular flexibility index (Phi) is 9.96. The summed E-state index contributed by atoms with van der Waals surface area (Å²) in [5.41, 5.74) is 0. The van der Waals surface area contributed by atoms with Gasteiger partial charge in [0, 0.05) is 12.5 Å². The quantitative estimate of drug-likeness (QED) is 0.299. The molecule has 0 aromatic carbocycles. The number of fused-ring (bicyclic) bond motifs is 1. The molecule has 0 bridgehead atoms. The zero-order chi connectivity index (χ0) is 20.5. The Morgan fingerprint density at radius 2 is 2.07 bits per heavy atom. The normalized spacial score (nSPS) is 31.8. The molecule has 0 heterocycles. The minimum Gasteiger partial charge on any atom is -0.467 e. The van der Waals surface area contributed by atoms with Gasteiger partial charge < -0.3 is 19.7 Å². The highest BCUT2D eigenvalue weighted by Crippen LogP contribution is 2.51. The van der Waals surface area contributed by atoms with Gasteiger partial charge in [0.15, 0.2) is 0 Å². The van der Waals surface area contributed by atoms with Crippen molar-refractivity contribution in [1.82, 2.24) is 0 Å². The molecule has 162 valence electrons. The smallest absolute Gasteiger partial charge is 0.331 e. The Bertz CT molecular complexity index is 491. The molecule has 0 aromatic heterocycles. The predicted octanol–water partition coefficient (Wildman–Crippen LogP) is 3.72. The molecule has 0 amide bonds. The largest absolute Gasteiger partial charge is 0.467 e. The van der Waals surface area contributed by atoms with Crippen LogP contribution in [0.25, 0.3) is 0 Å². The summed E-state index contributed by atoms with van der Waals surface area (Å²) in [7, 11) is 1.37. The molecule has 5 heteroatoms. The van der Waals surface area contributed by atoms with Gasteiger partial charge in [-0.2, -0.15) is 0 Å². The van der Waals surface area contributed by atoms with Gasteiger partial charge in [-0.1, -0.05) is 45.3 Å². The van der Waals surface area contributed by atoms with Crippen molar-refractivity contribution in [3.8, 4) is 0 Å². The highest BCUT2D eigenvalue weighted by Gasteiger charge is 2.46. The second-order valence-electron chi connectivity index (χ2n) is 8.99. The summed E-state index contributed by atoms with van der Waals surface area (Å²) in [6, 6.07) is 0.